The molecule has 1 fully saturated rings. The van der Waals surface area contributed by atoms with Crippen molar-refractivity contribution in [1.82, 2.24) is 0 Å². The van der Waals surface area contributed by atoms with Crippen LogP contribution in [-0.4, -0.2) is 10.7 Å². The van der Waals surface area contributed by atoms with E-state index in [0.29, 0.717) is 5.92 Å². The third kappa shape index (κ3) is 1.75. The van der Waals surface area contributed by atoms with Crippen LogP contribution in [0.15, 0.2) is 24.3 Å². The van der Waals surface area contributed by atoms with Crippen molar-refractivity contribution in [3.05, 3.63) is 29.8 Å². The molecule has 3 atom stereocenters. The number of ether oxygens (including phenoxy) is 1. The van der Waals surface area contributed by atoms with E-state index < -0.39 is 0 Å². The molecule has 2 aliphatic rings. The van der Waals surface area contributed by atoms with Crippen LogP contribution >= 0.6 is 0 Å². The summed E-state index contributed by atoms with van der Waals surface area (Å²) in [7, 11) is 0. The number of hydrogen-bond donors (Lipinski definition) is 1. The molecule has 0 saturated heterocycles. The molecular weight excluding hydrogens is 212 g/mol. The minimum Gasteiger partial charge on any atom is -0.487 e. The van der Waals surface area contributed by atoms with Crippen molar-refractivity contribution in [2.45, 2.75) is 50.7 Å². The van der Waals surface area contributed by atoms with Crippen LogP contribution in [0.5, 0.6) is 5.75 Å². The summed E-state index contributed by atoms with van der Waals surface area (Å²) in [4.78, 5) is 0. The second-order valence-electron chi connectivity index (χ2n) is 5.57. The molecule has 1 heterocycles. The first-order valence-electron chi connectivity index (χ1n) is 6.67. The topological polar surface area (TPSA) is 29.5 Å². The van der Waals surface area contributed by atoms with Crippen molar-refractivity contribution < 1.29 is 9.84 Å². The van der Waals surface area contributed by atoms with Crippen LogP contribution in [0.1, 0.15) is 50.7 Å². The zero-order valence-corrected chi connectivity index (χ0v) is 10.4. The van der Waals surface area contributed by atoms with Crippen LogP contribution in [0.3, 0.4) is 0 Å². The summed E-state index contributed by atoms with van der Waals surface area (Å²) in [5.41, 5.74) is 0.836. The highest BCUT2D eigenvalue weighted by molar-refractivity contribution is 5.38. The van der Waals surface area contributed by atoms with Crippen molar-refractivity contribution in [2.24, 2.45) is 5.92 Å². The van der Waals surface area contributed by atoms with E-state index in [4.69, 9.17) is 4.74 Å². The maximum absolute atomic E-state index is 10.3. The van der Waals surface area contributed by atoms with Gasteiger partial charge in [0.15, 0.2) is 0 Å². The fraction of sp³-hybridized carbons (Fsp3) is 0.600. The third-order valence-electron chi connectivity index (χ3n) is 4.52. The summed E-state index contributed by atoms with van der Waals surface area (Å²) >= 11 is 0. The Morgan fingerprint density at radius 3 is 2.94 bits per heavy atom. The summed E-state index contributed by atoms with van der Waals surface area (Å²) in [6, 6.07) is 7.91. The van der Waals surface area contributed by atoms with E-state index in [-0.39, 0.29) is 11.7 Å². The van der Waals surface area contributed by atoms with Crippen molar-refractivity contribution in [3.8, 4) is 5.75 Å². The second kappa shape index (κ2) is 4.02. The Labute approximate surface area is 103 Å². The molecule has 3 rings (SSSR count). The van der Waals surface area contributed by atoms with Gasteiger partial charge in [0, 0.05) is 12.0 Å². The quantitative estimate of drug-likeness (QED) is 0.742. The number of benzene rings is 1. The lowest BCUT2D eigenvalue weighted by molar-refractivity contribution is -0.0717. The monoisotopic (exact) mass is 232 g/mol. The van der Waals surface area contributed by atoms with Crippen molar-refractivity contribution in [2.75, 3.05) is 0 Å². The molecule has 2 nitrogen and oxygen atoms in total. The van der Waals surface area contributed by atoms with Gasteiger partial charge in [0.05, 0.1) is 6.10 Å². The van der Waals surface area contributed by atoms with Gasteiger partial charge in [-0.2, -0.15) is 0 Å². The number of fused-ring (bicyclic) bond motifs is 1. The molecule has 2 unspecified atom stereocenters. The molecule has 1 N–H and O–H groups in total. The van der Waals surface area contributed by atoms with E-state index in [1.807, 2.05) is 24.3 Å². The number of hydrogen-bond acceptors (Lipinski definition) is 2. The Hall–Kier alpha value is -1.02. The average molecular weight is 232 g/mol. The van der Waals surface area contributed by atoms with Gasteiger partial charge in [0.2, 0.25) is 0 Å². The highest BCUT2D eigenvalue weighted by Gasteiger charge is 2.45. The average Bonchev–Trinajstić information content (AvgIpc) is 2.33. The number of rotatable bonds is 0. The standard InChI is InChI=1S/C15H20O2/c1-11-6-4-5-9-15(11)10-13(16)12-7-2-3-8-14(12)17-15/h2-3,7-8,11,13,16H,4-6,9-10H2,1H3/t11?,13-,15?/m1/s1. The smallest absolute Gasteiger partial charge is 0.125 e. The van der Waals surface area contributed by atoms with E-state index in [0.717, 1.165) is 24.2 Å². The fourth-order valence-electron chi connectivity index (χ4n) is 3.39. The Morgan fingerprint density at radius 1 is 1.29 bits per heavy atom. The van der Waals surface area contributed by atoms with Crippen LogP contribution < -0.4 is 4.74 Å². The van der Waals surface area contributed by atoms with Crippen LogP contribution in [-0.2, 0) is 0 Å². The van der Waals surface area contributed by atoms with Crippen LogP contribution in [0.2, 0.25) is 0 Å². The predicted octanol–water partition coefficient (Wildman–Crippen LogP) is 3.45. The second-order valence-corrected chi connectivity index (χ2v) is 5.57. The van der Waals surface area contributed by atoms with Gasteiger partial charge in [-0.25, -0.2) is 0 Å². The van der Waals surface area contributed by atoms with Crippen LogP contribution in [0.25, 0.3) is 0 Å². The first kappa shape index (κ1) is 11.1. The minimum absolute atomic E-state index is 0.119. The predicted molar refractivity (Wildman–Crippen MR) is 67.0 cm³/mol. The number of aliphatic hydroxyl groups excluding tert-OH is 1. The van der Waals surface area contributed by atoms with Crippen molar-refractivity contribution >= 4 is 0 Å². The third-order valence-corrected chi connectivity index (χ3v) is 4.52. The molecule has 2 heteroatoms. The highest BCUT2D eigenvalue weighted by atomic mass is 16.5. The van der Waals surface area contributed by atoms with Crippen molar-refractivity contribution in [1.29, 1.82) is 0 Å². The van der Waals surface area contributed by atoms with E-state index in [1.165, 1.54) is 19.3 Å². The molecular formula is C15H20O2. The molecule has 1 saturated carbocycles. The lowest BCUT2D eigenvalue weighted by atomic mass is 9.71. The van der Waals surface area contributed by atoms with E-state index >= 15 is 0 Å². The lowest BCUT2D eigenvalue weighted by Gasteiger charge is -2.47. The maximum Gasteiger partial charge on any atom is 0.125 e. The molecule has 1 spiro atoms. The molecule has 1 aliphatic heterocycles. The molecule has 0 aromatic heterocycles. The molecule has 0 amide bonds. The molecule has 0 bridgehead atoms. The fourth-order valence-corrected chi connectivity index (χ4v) is 3.39. The zero-order valence-electron chi connectivity index (χ0n) is 10.4. The summed E-state index contributed by atoms with van der Waals surface area (Å²) in [6.07, 6.45) is 5.21. The normalized spacial score (nSPS) is 36.4. The summed E-state index contributed by atoms with van der Waals surface area (Å²) < 4.78 is 6.28. The molecule has 1 aliphatic carbocycles. The summed E-state index contributed by atoms with van der Waals surface area (Å²) in [6.45, 7) is 2.26. The van der Waals surface area contributed by atoms with E-state index in [9.17, 15) is 5.11 Å². The SMILES string of the molecule is CC1CCCCC12C[C@@H](O)c1ccccc1O2. The summed E-state index contributed by atoms with van der Waals surface area (Å²) in [5, 5.41) is 10.3. The van der Waals surface area contributed by atoms with Crippen molar-refractivity contribution in [3.63, 3.8) is 0 Å². The first-order chi connectivity index (χ1) is 8.21. The molecule has 1 aromatic rings. The van der Waals surface area contributed by atoms with Gasteiger partial charge in [-0.1, -0.05) is 31.5 Å². The van der Waals surface area contributed by atoms with E-state index in [1.54, 1.807) is 0 Å². The van der Waals surface area contributed by atoms with Gasteiger partial charge in [-0.05, 0) is 31.2 Å². The molecule has 1 aromatic carbocycles. The van der Waals surface area contributed by atoms with Crippen LogP contribution in [0, 0.1) is 5.92 Å². The Balaban J connectivity index is 1.97. The maximum atomic E-state index is 10.3. The Morgan fingerprint density at radius 2 is 2.12 bits per heavy atom. The van der Waals surface area contributed by atoms with Gasteiger partial charge in [-0.15, -0.1) is 0 Å². The molecule has 92 valence electrons. The number of aliphatic hydroxyl groups is 1. The first-order valence-corrected chi connectivity index (χ1v) is 6.67. The van der Waals surface area contributed by atoms with Gasteiger partial charge in [0.25, 0.3) is 0 Å². The largest absolute Gasteiger partial charge is 0.487 e. The highest BCUT2D eigenvalue weighted by Crippen LogP contribution is 2.48. The lowest BCUT2D eigenvalue weighted by Crippen LogP contribution is -2.48. The Kier molecular flexibility index (Phi) is 2.62. The minimum atomic E-state index is -0.361. The van der Waals surface area contributed by atoms with E-state index in [2.05, 4.69) is 6.92 Å². The van der Waals surface area contributed by atoms with Gasteiger partial charge in [0.1, 0.15) is 11.4 Å². The molecule has 0 radical (unpaired) electrons. The zero-order chi connectivity index (χ0) is 11.9. The Bertz CT molecular complexity index is 415. The number of para-hydroxylation sites is 1. The van der Waals surface area contributed by atoms with Gasteiger partial charge in [-0.3, -0.25) is 0 Å². The summed E-state index contributed by atoms with van der Waals surface area (Å²) in [5.74, 6) is 1.43. The van der Waals surface area contributed by atoms with Crippen LogP contribution in [0.4, 0.5) is 0 Å². The van der Waals surface area contributed by atoms with Gasteiger partial charge < -0.3 is 9.84 Å². The molecule has 17 heavy (non-hydrogen) atoms. The van der Waals surface area contributed by atoms with Gasteiger partial charge >= 0.3 is 0 Å².